The number of aromatic nitrogens is 2. The van der Waals surface area contributed by atoms with Gasteiger partial charge in [-0.05, 0) is 45.1 Å². The summed E-state index contributed by atoms with van der Waals surface area (Å²) in [7, 11) is 0. The summed E-state index contributed by atoms with van der Waals surface area (Å²) in [5.41, 5.74) is 1.59. The standard InChI is InChI=1S/C20H26ClN3O2/c1-14-7-4-5-9-16(14)18-22-17(26-23-18)11-15-8-6-10-24(12-15)19(25)20(2,3)13-21/h4-5,7,9,15H,6,8,10-13H2,1-3H3. The lowest BCUT2D eigenvalue weighted by Gasteiger charge is -2.36. The maximum atomic E-state index is 12.7. The molecule has 0 bridgehead atoms. The molecule has 0 N–H and O–H groups in total. The first kappa shape index (κ1) is 18.9. The molecule has 6 heteroatoms. The van der Waals surface area contributed by atoms with Crippen molar-refractivity contribution < 1.29 is 9.32 Å². The first-order valence-electron chi connectivity index (χ1n) is 9.14. The minimum atomic E-state index is -0.522. The Kier molecular flexibility index (Phi) is 5.66. The quantitative estimate of drug-likeness (QED) is 0.738. The number of alkyl halides is 1. The number of carbonyl (C=O) groups excluding carboxylic acids is 1. The van der Waals surface area contributed by atoms with Gasteiger partial charge in [-0.1, -0.05) is 29.4 Å². The highest BCUT2D eigenvalue weighted by molar-refractivity contribution is 6.19. The van der Waals surface area contributed by atoms with Gasteiger partial charge in [0.2, 0.25) is 17.6 Å². The molecule has 1 unspecified atom stereocenters. The number of benzene rings is 1. The zero-order chi connectivity index (χ0) is 18.7. The summed E-state index contributed by atoms with van der Waals surface area (Å²) in [5, 5.41) is 4.14. The molecule has 1 amide bonds. The molecule has 1 saturated heterocycles. The summed E-state index contributed by atoms with van der Waals surface area (Å²) in [6.07, 6.45) is 2.75. The van der Waals surface area contributed by atoms with Crippen LogP contribution in [-0.2, 0) is 11.2 Å². The summed E-state index contributed by atoms with van der Waals surface area (Å²) in [4.78, 5) is 19.2. The van der Waals surface area contributed by atoms with Crippen molar-refractivity contribution in [3.8, 4) is 11.4 Å². The number of halogens is 1. The molecule has 2 aromatic rings. The summed E-state index contributed by atoms with van der Waals surface area (Å²) in [6.45, 7) is 7.36. The second-order valence-corrected chi connectivity index (χ2v) is 8.07. The average Bonchev–Trinajstić information content (AvgIpc) is 3.10. The number of rotatable bonds is 5. The van der Waals surface area contributed by atoms with Crippen LogP contribution in [0.15, 0.2) is 28.8 Å². The third-order valence-electron chi connectivity index (χ3n) is 5.04. The van der Waals surface area contributed by atoms with Crippen LogP contribution in [0.5, 0.6) is 0 Å². The van der Waals surface area contributed by atoms with Gasteiger partial charge in [-0.15, -0.1) is 11.6 Å². The Bertz CT molecular complexity index is 772. The van der Waals surface area contributed by atoms with Gasteiger partial charge in [-0.25, -0.2) is 0 Å². The zero-order valence-electron chi connectivity index (χ0n) is 15.7. The van der Waals surface area contributed by atoms with Gasteiger partial charge in [0.1, 0.15) is 0 Å². The molecule has 1 aliphatic rings. The Balaban J connectivity index is 1.66. The van der Waals surface area contributed by atoms with Crippen LogP contribution < -0.4 is 0 Å². The number of amides is 1. The number of hydrogen-bond acceptors (Lipinski definition) is 4. The smallest absolute Gasteiger partial charge is 0.229 e. The van der Waals surface area contributed by atoms with Crippen molar-refractivity contribution in [3.63, 3.8) is 0 Å². The van der Waals surface area contributed by atoms with Crippen LogP contribution in [0.25, 0.3) is 11.4 Å². The van der Waals surface area contributed by atoms with E-state index in [0.29, 0.717) is 29.9 Å². The minimum Gasteiger partial charge on any atom is -0.342 e. The Labute approximate surface area is 159 Å². The first-order valence-corrected chi connectivity index (χ1v) is 9.68. The van der Waals surface area contributed by atoms with Crippen LogP contribution in [0.2, 0.25) is 0 Å². The molecule has 0 radical (unpaired) electrons. The van der Waals surface area contributed by atoms with E-state index < -0.39 is 5.41 Å². The molecule has 26 heavy (non-hydrogen) atoms. The molecule has 1 aromatic heterocycles. The van der Waals surface area contributed by atoms with Crippen LogP contribution in [0.4, 0.5) is 0 Å². The van der Waals surface area contributed by atoms with Gasteiger partial charge in [0.05, 0.1) is 5.41 Å². The molecule has 3 rings (SSSR count). The van der Waals surface area contributed by atoms with Crippen molar-refractivity contribution in [3.05, 3.63) is 35.7 Å². The van der Waals surface area contributed by atoms with Crippen molar-refractivity contribution in [2.75, 3.05) is 19.0 Å². The number of likely N-dealkylation sites (tertiary alicyclic amines) is 1. The number of carbonyl (C=O) groups is 1. The van der Waals surface area contributed by atoms with Crippen molar-refractivity contribution in [1.29, 1.82) is 0 Å². The topological polar surface area (TPSA) is 59.2 Å². The summed E-state index contributed by atoms with van der Waals surface area (Å²) < 4.78 is 5.48. The number of piperidine rings is 1. The predicted octanol–water partition coefficient (Wildman–Crippen LogP) is 4.09. The van der Waals surface area contributed by atoms with Crippen LogP contribution in [0.3, 0.4) is 0 Å². The van der Waals surface area contributed by atoms with Gasteiger partial charge in [0, 0.05) is 31.0 Å². The maximum Gasteiger partial charge on any atom is 0.229 e. The third kappa shape index (κ3) is 4.09. The second kappa shape index (κ2) is 7.78. The summed E-state index contributed by atoms with van der Waals surface area (Å²) in [5.74, 6) is 2.06. The monoisotopic (exact) mass is 375 g/mol. The number of aryl methyl sites for hydroxylation is 1. The molecule has 1 aromatic carbocycles. The molecular formula is C20H26ClN3O2. The first-order chi connectivity index (χ1) is 12.4. The van der Waals surface area contributed by atoms with Crippen LogP contribution >= 0.6 is 11.6 Å². The number of hydrogen-bond donors (Lipinski definition) is 0. The van der Waals surface area contributed by atoms with Gasteiger partial charge >= 0.3 is 0 Å². The van der Waals surface area contributed by atoms with E-state index in [1.54, 1.807) is 0 Å². The van der Waals surface area contributed by atoms with Crippen molar-refractivity contribution >= 4 is 17.5 Å². The van der Waals surface area contributed by atoms with Crippen molar-refractivity contribution in [2.45, 2.75) is 40.0 Å². The minimum absolute atomic E-state index is 0.128. The third-order valence-corrected chi connectivity index (χ3v) is 5.70. The van der Waals surface area contributed by atoms with E-state index >= 15 is 0 Å². The lowest BCUT2D eigenvalue weighted by Crippen LogP contribution is -2.47. The highest BCUT2D eigenvalue weighted by Gasteiger charge is 2.34. The Morgan fingerprint density at radius 3 is 2.88 bits per heavy atom. The molecule has 0 spiro atoms. The fourth-order valence-electron chi connectivity index (χ4n) is 3.42. The van der Waals surface area contributed by atoms with Gasteiger partial charge in [0.15, 0.2) is 0 Å². The second-order valence-electron chi connectivity index (χ2n) is 7.81. The highest BCUT2D eigenvalue weighted by atomic mass is 35.5. The fraction of sp³-hybridized carbons (Fsp3) is 0.550. The Hall–Kier alpha value is -1.88. The van der Waals surface area contributed by atoms with Gasteiger partial charge in [-0.3, -0.25) is 4.79 Å². The average molecular weight is 376 g/mol. The van der Waals surface area contributed by atoms with Crippen LogP contribution in [-0.4, -0.2) is 39.9 Å². The fourth-order valence-corrected chi connectivity index (χ4v) is 3.53. The summed E-state index contributed by atoms with van der Waals surface area (Å²) in [6, 6.07) is 8.01. The van der Waals surface area contributed by atoms with E-state index in [1.165, 1.54) is 0 Å². The van der Waals surface area contributed by atoms with Crippen LogP contribution in [0.1, 0.15) is 38.1 Å². The van der Waals surface area contributed by atoms with Gasteiger partial charge < -0.3 is 9.42 Å². The molecular weight excluding hydrogens is 350 g/mol. The van der Waals surface area contributed by atoms with E-state index in [1.807, 2.05) is 49.9 Å². The SMILES string of the molecule is Cc1ccccc1-c1noc(CC2CCCN(C(=O)C(C)(C)CCl)C2)n1. The lowest BCUT2D eigenvalue weighted by molar-refractivity contribution is -0.141. The molecule has 1 aliphatic heterocycles. The molecule has 0 aliphatic carbocycles. The van der Waals surface area contributed by atoms with E-state index in [4.69, 9.17) is 16.1 Å². The molecule has 0 saturated carbocycles. The Morgan fingerprint density at radius 2 is 2.15 bits per heavy atom. The largest absolute Gasteiger partial charge is 0.342 e. The molecule has 1 fully saturated rings. The van der Waals surface area contributed by atoms with Gasteiger partial charge in [0.25, 0.3) is 0 Å². The van der Waals surface area contributed by atoms with E-state index in [2.05, 4.69) is 10.1 Å². The number of nitrogens with zero attached hydrogens (tertiary/aromatic N) is 3. The van der Waals surface area contributed by atoms with Crippen LogP contribution in [0, 0.1) is 18.3 Å². The molecule has 1 atom stereocenters. The van der Waals surface area contributed by atoms with E-state index in [-0.39, 0.29) is 5.91 Å². The zero-order valence-corrected chi connectivity index (χ0v) is 16.4. The normalized spacial score (nSPS) is 18.2. The van der Waals surface area contributed by atoms with Crippen molar-refractivity contribution in [2.24, 2.45) is 11.3 Å². The molecule has 2 heterocycles. The Morgan fingerprint density at radius 1 is 1.38 bits per heavy atom. The van der Waals surface area contributed by atoms with Crippen molar-refractivity contribution in [1.82, 2.24) is 15.0 Å². The van der Waals surface area contributed by atoms with E-state index in [0.717, 1.165) is 37.1 Å². The predicted molar refractivity (Wildman–Crippen MR) is 102 cm³/mol. The molecule has 5 nitrogen and oxygen atoms in total. The van der Waals surface area contributed by atoms with E-state index in [9.17, 15) is 4.79 Å². The highest BCUT2D eigenvalue weighted by Crippen LogP contribution is 2.27. The molecule has 140 valence electrons. The lowest BCUT2D eigenvalue weighted by atomic mass is 9.90. The maximum absolute atomic E-state index is 12.7. The van der Waals surface area contributed by atoms with Gasteiger partial charge in [-0.2, -0.15) is 4.98 Å². The summed E-state index contributed by atoms with van der Waals surface area (Å²) >= 11 is 5.97.